The molecule has 0 radical (unpaired) electrons. The Balaban J connectivity index is 1.28. The van der Waals surface area contributed by atoms with Crippen LogP contribution in [-0.2, 0) is 11.3 Å². The van der Waals surface area contributed by atoms with E-state index in [2.05, 4.69) is 26.0 Å². The zero-order valence-corrected chi connectivity index (χ0v) is 18.9. The molecular weight excluding hydrogens is 430 g/mol. The van der Waals surface area contributed by atoms with E-state index in [-0.39, 0.29) is 17.9 Å². The molecule has 2 N–H and O–H groups in total. The highest BCUT2D eigenvalue weighted by Gasteiger charge is 2.31. The number of nitriles is 1. The molecule has 0 bridgehead atoms. The average molecular weight is 458 g/mol. The Morgan fingerprint density at radius 1 is 1.15 bits per heavy atom. The molecule has 9 nitrogen and oxygen atoms in total. The van der Waals surface area contributed by atoms with Crippen LogP contribution in [0.25, 0.3) is 11.4 Å². The zero-order valence-electron chi connectivity index (χ0n) is 18.9. The number of nitrogens with two attached hydrogens (primary N) is 1. The van der Waals surface area contributed by atoms with Crippen LogP contribution in [0.1, 0.15) is 48.7 Å². The molecule has 0 unspecified atom stereocenters. The number of pyridine rings is 1. The van der Waals surface area contributed by atoms with Crippen LogP contribution in [-0.4, -0.2) is 45.6 Å². The van der Waals surface area contributed by atoms with Crippen molar-refractivity contribution >= 4 is 11.7 Å². The first-order valence-corrected chi connectivity index (χ1v) is 11.7. The van der Waals surface area contributed by atoms with Gasteiger partial charge in [0.05, 0.1) is 17.7 Å². The summed E-state index contributed by atoms with van der Waals surface area (Å²) in [5, 5.41) is 13.3. The van der Waals surface area contributed by atoms with Gasteiger partial charge in [-0.2, -0.15) is 10.2 Å². The first kappa shape index (κ1) is 22.0. The molecule has 0 spiro atoms. The predicted molar refractivity (Wildman–Crippen MR) is 125 cm³/mol. The predicted octanol–water partition coefficient (Wildman–Crippen LogP) is 3.04. The molecule has 2 aliphatic rings. The van der Waals surface area contributed by atoms with E-state index in [0.717, 1.165) is 68.8 Å². The lowest BCUT2D eigenvalue weighted by Gasteiger charge is -2.31. The van der Waals surface area contributed by atoms with Crippen molar-refractivity contribution < 1.29 is 9.32 Å². The van der Waals surface area contributed by atoms with Gasteiger partial charge in [0.2, 0.25) is 17.6 Å². The number of carbonyl (C=O) groups excluding carboxylic acids is 1. The number of nitrogens with zero attached hydrogens (tertiary/aromatic N) is 6. The molecule has 0 saturated carbocycles. The quantitative estimate of drug-likeness (QED) is 0.599. The number of aromatic nitrogens is 3. The van der Waals surface area contributed by atoms with Gasteiger partial charge in [0, 0.05) is 37.3 Å². The first-order chi connectivity index (χ1) is 16.6. The van der Waals surface area contributed by atoms with Crippen LogP contribution in [0.3, 0.4) is 0 Å². The third kappa shape index (κ3) is 4.63. The smallest absolute Gasteiger partial charge is 0.244 e. The van der Waals surface area contributed by atoms with Gasteiger partial charge in [-0.05, 0) is 62.1 Å². The molecule has 0 aliphatic carbocycles. The molecule has 3 aromatic rings. The highest BCUT2D eigenvalue weighted by molar-refractivity contribution is 5.77. The summed E-state index contributed by atoms with van der Waals surface area (Å²) in [6.45, 7) is 3.22. The lowest BCUT2D eigenvalue weighted by Crippen LogP contribution is -2.38. The Kier molecular flexibility index (Phi) is 6.23. The third-order valence-corrected chi connectivity index (χ3v) is 6.78. The van der Waals surface area contributed by atoms with Crippen molar-refractivity contribution in [1.82, 2.24) is 20.0 Å². The Morgan fingerprint density at radius 3 is 2.68 bits per heavy atom. The van der Waals surface area contributed by atoms with Gasteiger partial charge in [-0.1, -0.05) is 17.3 Å². The second-order valence-corrected chi connectivity index (χ2v) is 8.96. The summed E-state index contributed by atoms with van der Waals surface area (Å²) < 4.78 is 5.70. The molecule has 9 heteroatoms. The molecule has 1 aromatic carbocycles. The normalized spacial score (nSPS) is 19.3. The molecule has 2 fully saturated rings. The Labute approximate surface area is 198 Å². The summed E-state index contributed by atoms with van der Waals surface area (Å²) in [4.78, 5) is 25.2. The molecule has 34 heavy (non-hydrogen) atoms. The maximum Gasteiger partial charge on any atom is 0.244 e. The van der Waals surface area contributed by atoms with E-state index < -0.39 is 0 Å². The van der Waals surface area contributed by atoms with Gasteiger partial charge in [-0.15, -0.1) is 0 Å². The lowest BCUT2D eigenvalue weighted by atomic mass is 9.96. The van der Waals surface area contributed by atoms with Gasteiger partial charge in [-0.25, -0.2) is 4.98 Å². The highest BCUT2D eigenvalue weighted by Crippen LogP contribution is 2.33. The number of piperidine rings is 1. The lowest BCUT2D eigenvalue weighted by molar-refractivity contribution is -0.122. The molecular formula is C25H27N7O2. The number of anilines is 1. The minimum absolute atomic E-state index is 0.0576. The van der Waals surface area contributed by atoms with Crippen molar-refractivity contribution in [3.63, 3.8) is 0 Å². The van der Waals surface area contributed by atoms with E-state index in [0.29, 0.717) is 17.3 Å². The summed E-state index contributed by atoms with van der Waals surface area (Å²) in [7, 11) is 0. The third-order valence-electron chi connectivity index (χ3n) is 6.78. The van der Waals surface area contributed by atoms with Crippen molar-refractivity contribution in [3.8, 4) is 17.5 Å². The van der Waals surface area contributed by atoms with Gasteiger partial charge >= 0.3 is 0 Å². The van der Waals surface area contributed by atoms with Crippen molar-refractivity contribution in [2.24, 2.45) is 11.7 Å². The number of benzene rings is 1. The number of amides is 1. The molecule has 5 rings (SSSR count). The minimum Gasteiger partial charge on any atom is -0.369 e. The number of hydrogen-bond donors (Lipinski definition) is 1. The topological polar surface area (TPSA) is 125 Å². The maximum absolute atomic E-state index is 11.4. The largest absolute Gasteiger partial charge is 0.369 e. The number of rotatable bonds is 6. The van der Waals surface area contributed by atoms with Gasteiger partial charge < -0.3 is 15.2 Å². The molecule has 2 aromatic heterocycles. The van der Waals surface area contributed by atoms with Crippen molar-refractivity contribution in [2.45, 2.75) is 38.3 Å². The molecule has 2 saturated heterocycles. The van der Waals surface area contributed by atoms with E-state index in [4.69, 9.17) is 20.5 Å². The standard InChI is InChI=1S/C25H27N7O2/c26-15-17-3-5-18(6-4-17)16-32-11-1-2-21(32)25-29-24(30-34-25)20-7-10-28-22(14-20)31-12-8-19(9-13-31)23(27)33/h3-7,10,14,19,21H,1-2,8-9,11-13,16H2,(H2,27,33)/t21-/m0/s1. The van der Waals surface area contributed by atoms with Crippen LogP contribution in [0.5, 0.6) is 0 Å². The molecule has 1 amide bonds. The Hall–Kier alpha value is -3.77. The van der Waals surface area contributed by atoms with Gasteiger partial charge in [0.15, 0.2) is 0 Å². The number of primary amides is 1. The maximum atomic E-state index is 11.4. The van der Waals surface area contributed by atoms with Crippen molar-refractivity contribution in [2.75, 3.05) is 24.5 Å². The Morgan fingerprint density at radius 2 is 1.94 bits per heavy atom. The van der Waals surface area contributed by atoms with Crippen molar-refractivity contribution in [3.05, 3.63) is 59.6 Å². The van der Waals surface area contributed by atoms with Crippen LogP contribution >= 0.6 is 0 Å². The second kappa shape index (κ2) is 9.61. The molecule has 174 valence electrons. The summed E-state index contributed by atoms with van der Waals surface area (Å²) in [5.74, 6) is 1.74. The summed E-state index contributed by atoms with van der Waals surface area (Å²) in [6, 6.07) is 13.8. The minimum atomic E-state index is -0.221. The SMILES string of the molecule is N#Cc1ccc(CN2CCC[C@H]2c2nc(-c3ccnc(N4CCC(C(N)=O)CC4)c3)no2)cc1. The van der Waals surface area contributed by atoms with E-state index >= 15 is 0 Å². The van der Waals surface area contributed by atoms with Crippen LogP contribution in [0, 0.1) is 17.2 Å². The fraction of sp³-hybridized carbons (Fsp3) is 0.400. The van der Waals surface area contributed by atoms with E-state index in [1.807, 2.05) is 36.4 Å². The summed E-state index contributed by atoms with van der Waals surface area (Å²) >= 11 is 0. The highest BCUT2D eigenvalue weighted by atomic mass is 16.5. The monoisotopic (exact) mass is 457 g/mol. The van der Waals surface area contributed by atoms with E-state index in [1.165, 1.54) is 0 Å². The fourth-order valence-corrected chi connectivity index (χ4v) is 4.83. The number of likely N-dealkylation sites (tertiary alicyclic amines) is 1. The average Bonchev–Trinajstić information content (AvgIpc) is 3.54. The van der Waals surface area contributed by atoms with Crippen LogP contribution in [0.15, 0.2) is 47.1 Å². The summed E-state index contributed by atoms with van der Waals surface area (Å²) in [6.07, 6.45) is 5.27. The number of carbonyl (C=O) groups is 1. The van der Waals surface area contributed by atoms with E-state index in [9.17, 15) is 4.79 Å². The van der Waals surface area contributed by atoms with Gasteiger partial charge in [0.25, 0.3) is 0 Å². The first-order valence-electron chi connectivity index (χ1n) is 11.7. The van der Waals surface area contributed by atoms with Crippen LogP contribution < -0.4 is 10.6 Å². The van der Waals surface area contributed by atoms with Gasteiger partial charge in [0.1, 0.15) is 5.82 Å². The van der Waals surface area contributed by atoms with Crippen molar-refractivity contribution in [1.29, 1.82) is 5.26 Å². The second-order valence-electron chi connectivity index (χ2n) is 8.96. The molecule has 2 aliphatic heterocycles. The zero-order chi connectivity index (χ0) is 23.5. The molecule has 1 atom stereocenters. The van der Waals surface area contributed by atoms with Gasteiger partial charge in [-0.3, -0.25) is 9.69 Å². The van der Waals surface area contributed by atoms with Crippen LogP contribution in [0.2, 0.25) is 0 Å². The fourth-order valence-electron chi connectivity index (χ4n) is 4.83. The summed E-state index contributed by atoms with van der Waals surface area (Å²) in [5.41, 5.74) is 8.13. The Bertz CT molecular complexity index is 1190. The molecule has 4 heterocycles. The number of hydrogen-bond acceptors (Lipinski definition) is 8. The van der Waals surface area contributed by atoms with E-state index in [1.54, 1.807) is 6.20 Å². The van der Waals surface area contributed by atoms with Crippen LogP contribution in [0.4, 0.5) is 5.82 Å².